The van der Waals surface area contributed by atoms with Gasteiger partial charge in [-0.15, -0.1) is 0 Å². The van der Waals surface area contributed by atoms with Crippen LogP contribution in [0.4, 0.5) is 0 Å². The van der Waals surface area contributed by atoms with Gasteiger partial charge in [-0.2, -0.15) is 5.10 Å². The Morgan fingerprint density at radius 2 is 2.23 bits per heavy atom. The second kappa shape index (κ2) is 4.98. The lowest BCUT2D eigenvalue weighted by atomic mass is 10.1. The molecule has 0 spiro atoms. The molecule has 0 N–H and O–H groups in total. The van der Waals surface area contributed by atoms with E-state index in [1.807, 2.05) is 40.8 Å². The topological polar surface area (TPSA) is 64.2 Å². The number of aryl methyl sites for hydroxylation is 1. The summed E-state index contributed by atoms with van der Waals surface area (Å²) in [6.07, 6.45) is 4.12. The first-order valence-corrected chi connectivity index (χ1v) is 7.35. The maximum Gasteiger partial charge on any atom is 0.258 e. The van der Waals surface area contributed by atoms with Crippen LogP contribution in [0.3, 0.4) is 0 Å². The maximum absolute atomic E-state index is 12.9. The molecule has 1 aliphatic heterocycles. The first-order chi connectivity index (χ1) is 10.7. The Morgan fingerprint density at radius 1 is 1.36 bits per heavy atom. The molecule has 1 aromatic carbocycles. The van der Waals surface area contributed by atoms with Crippen molar-refractivity contribution in [2.24, 2.45) is 0 Å². The van der Waals surface area contributed by atoms with E-state index >= 15 is 0 Å². The van der Waals surface area contributed by atoms with Crippen molar-refractivity contribution in [2.45, 2.75) is 19.4 Å². The molecule has 1 saturated heterocycles. The molecule has 112 valence electrons. The molecule has 1 unspecified atom stereocenters. The van der Waals surface area contributed by atoms with Crippen molar-refractivity contribution in [3.63, 3.8) is 0 Å². The normalized spacial score (nSPS) is 18.2. The van der Waals surface area contributed by atoms with Crippen molar-refractivity contribution in [3.05, 3.63) is 48.2 Å². The van der Waals surface area contributed by atoms with Crippen LogP contribution >= 0.6 is 0 Å². The number of furan rings is 1. The van der Waals surface area contributed by atoms with Crippen molar-refractivity contribution in [2.75, 3.05) is 13.1 Å². The van der Waals surface area contributed by atoms with Crippen LogP contribution in [0.15, 0.2) is 41.3 Å². The summed E-state index contributed by atoms with van der Waals surface area (Å²) in [6.45, 7) is 3.22. The maximum atomic E-state index is 12.9. The summed E-state index contributed by atoms with van der Waals surface area (Å²) in [5.41, 5.74) is 1.44. The minimum atomic E-state index is 0.0325. The van der Waals surface area contributed by atoms with Gasteiger partial charge in [-0.05, 0) is 19.4 Å². The molecule has 6 nitrogen and oxygen atoms in total. The van der Waals surface area contributed by atoms with E-state index in [-0.39, 0.29) is 11.9 Å². The highest BCUT2D eigenvalue weighted by Gasteiger charge is 2.31. The summed E-state index contributed by atoms with van der Waals surface area (Å²) in [5.74, 6) is 0.709. The number of hydrogen-bond acceptors (Lipinski definition) is 4. The summed E-state index contributed by atoms with van der Waals surface area (Å²) < 4.78 is 7.53. The number of amides is 1. The highest BCUT2D eigenvalue weighted by molar-refractivity contribution is 6.07. The van der Waals surface area contributed by atoms with Crippen molar-refractivity contribution in [3.8, 4) is 0 Å². The van der Waals surface area contributed by atoms with Gasteiger partial charge in [0.2, 0.25) is 0 Å². The lowest BCUT2D eigenvalue weighted by Crippen LogP contribution is -2.29. The van der Waals surface area contributed by atoms with E-state index in [9.17, 15) is 4.79 Å². The zero-order valence-electron chi connectivity index (χ0n) is 12.3. The standard InChI is InChI=1S/C16H16N4O2/c1-11-15(13-4-2-3-5-14(13)22-11)16(21)19-7-6-12(8-19)20-10-17-9-18-20/h2-5,9-10,12H,6-8H2,1H3. The van der Waals surface area contributed by atoms with Crippen molar-refractivity contribution >= 4 is 16.9 Å². The molecule has 0 bridgehead atoms. The van der Waals surface area contributed by atoms with E-state index < -0.39 is 0 Å². The monoisotopic (exact) mass is 296 g/mol. The van der Waals surface area contributed by atoms with Gasteiger partial charge < -0.3 is 9.32 Å². The SMILES string of the molecule is Cc1oc2ccccc2c1C(=O)N1CCC(n2cncn2)C1. The summed E-state index contributed by atoms with van der Waals surface area (Å²) in [4.78, 5) is 18.7. The number of carbonyl (C=O) groups is 1. The number of aromatic nitrogens is 3. The molecule has 3 aromatic rings. The van der Waals surface area contributed by atoms with Gasteiger partial charge in [-0.25, -0.2) is 9.67 Å². The second-order valence-electron chi connectivity index (χ2n) is 5.60. The van der Waals surface area contributed by atoms with Crippen LogP contribution in [0.1, 0.15) is 28.6 Å². The Hall–Kier alpha value is -2.63. The van der Waals surface area contributed by atoms with Gasteiger partial charge in [0.05, 0.1) is 11.6 Å². The number of rotatable bonds is 2. The van der Waals surface area contributed by atoms with E-state index in [0.717, 1.165) is 23.9 Å². The molecule has 22 heavy (non-hydrogen) atoms. The highest BCUT2D eigenvalue weighted by atomic mass is 16.3. The first kappa shape index (κ1) is 13.1. The first-order valence-electron chi connectivity index (χ1n) is 7.35. The minimum absolute atomic E-state index is 0.0325. The molecule has 2 aromatic heterocycles. The fourth-order valence-electron chi connectivity index (χ4n) is 3.14. The molecular formula is C16H16N4O2. The van der Waals surface area contributed by atoms with Crippen LogP contribution in [0.5, 0.6) is 0 Å². The quantitative estimate of drug-likeness (QED) is 0.728. The Morgan fingerprint density at radius 3 is 3.05 bits per heavy atom. The summed E-state index contributed by atoms with van der Waals surface area (Å²) in [6, 6.07) is 7.86. The van der Waals surface area contributed by atoms with Crippen LogP contribution in [-0.4, -0.2) is 38.7 Å². The van der Waals surface area contributed by atoms with E-state index in [1.165, 1.54) is 6.33 Å². The van der Waals surface area contributed by atoms with Gasteiger partial charge in [0, 0.05) is 18.5 Å². The average Bonchev–Trinajstić information content (AvgIpc) is 3.25. The highest BCUT2D eigenvalue weighted by Crippen LogP contribution is 2.29. The molecule has 1 amide bonds. The number of carbonyl (C=O) groups excluding carboxylic acids is 1. The molecule has 0 radical (unpaired) electrons. The molecule has 1 atom stereocenters. The van der Waals surface area contributed by atoms with E-state index in [0.29, 0.717) is 17.9 Å². The second-order valence-corrected chi connectivity index (χ2v) is 5.60. The number of nitrogens with zero attached hydrogens (tertiary/aromatic N) is 4. The molecular weight excluding hydrogens is 280 g/mol. The van der Waals surface area contributed by atoms with Crippen LogP contribution in [0.2, 0.25) is 0 Å². The average molecular weight is 296 g/mol. The van der Waals surface area contributed by atoms with Gasteiger partial charge in [0.25, 0.3) is 5.91 Å². The number of hydrogen-bond donors (Lipinski definition) is 0. The lowest BCUT2D eigenvalue weighted by Gasteiger charge is -2.16. The Kier molecular flexibility index (Phi) is 2.96. The predicted molar refractivity (Wildman–Crippen MR) is 80.5 cm³/mol. The van der Waals surface area contributed by atoms with Crippen molar-refractivity contribution in [1.29, 1.82) is 0 Å². The Bertz CT molecular complexity index is 822. The third kappa shape index (κ3) is 1.99. The lowest BCUT2D eigenvalue weighted by molar-refractivity contribution is 0.0787. The number of benzene rings is 1. The van der Waals surface area contributed by atoms with Crippen molar-refractivity contribution < 1.29 is 9.21 Å². The predicted octanol–water partition coefficient (Wildman–Crippen LogP) is 2.42. The fourth-order valence-corrected chi connectivity index (χ4v) is 3.14. The van der Waals surface area contributed by atoms with E-state index in [1.54, 1.807) is 6.33 Å². The molecule has 0 saturated carbocycles. The summed E-state index contributed by atoms with van der Waals surface area (Å²) in [5, 5.41) is 5.05. The van der Waals surface area contributed by atoms with Crippen LogP contribution < -0.4 is 0 Å². The largest absolute Gasteiger partial charge is 0.461 e. The summed E-state index contributed by atoms with van der Waals surface area (Å²) in [7, 11) is 0. The minimum Gasteiger partial charge on any atom is -0.461 e. The molecule has 4 rings (SSSR count). The molecule has 0 aliphatic carbocycles. The number of likely N-dealkylation sites (tertiary alicyclic amines) is 1. The molecule has 1 fully saturated rings. The van der Waals surface area contributed by atoms with Gasteiger partial charge in [0.15, 0.2) is 0 Å². The Labute approximate surface area is 127 Å². The van der Waals surface area contributed by atoms with Crippen molar-refractivity contribution in [1.82, 2.24) is 19.7 Å². The zero-order valence-corrected chi connectivity index (χ0v) is 12.3. The zero-order chi connectivity index (χ0) is 15.1. The van der Waals surface area contributed by atoms with E-state index in [2.05, 4.69) is 10.1 Å². The molecule has 1 aliphatic rings. The van der Waals surface area contributed by atoms with Crippen LogP contribution in [0, 0.1) is 6.92 Å². The van der Waals surface area contributed by atoms with Gasteiger partial charge in [0.1, 0.15) is 24.0 Å². The molecule has 6 heteroatoms. The van der Waals surface area contributed by atoms with Gasteiger partial charge >= 0.3 is 0 Å². The number of para-hydroxylation sites is 1. The third-order valence-corrected chi connectivity index (χ3v) is 4.25. The van der Waals surface area contributed by atoms with E-state index in [4.69, 9.17) is 4.42 Å². The third-order valence-electron chi connectivity index (χ3n) is 4.25. The Balaban J connectivity index is 1.63. The van der Waals surface area contributed by atoms with Crippen LogP contribution in [-0.2, 0) is 0 Å². The number of fused-ring (bicyclic) bond motifs is 1. The fraction of sp³-hybridized carbons (Fsp3) is 0.312. The molecule has 3 heterocycles. The van der Waals surface area contributed by atoms with Gasteiger partial charge in [-0.1, -0.05) is 18.2 Å². The van der Waals surface area contributed by atoms with Crippen LogP contribution in [0.25, 0.3) is 11.0 Å². The summed E-state index contributed by atoms with van der Waals surface area (Å²) >= 11 is 0. The van der Waals surface area contributed by atoms with Gasteiger partial charge in [-0.3, -0.25) is 4.79 Å². The smallest absolute Gasteiger partial charge is 0.258 e.